The van der Waals surface area contributed by atoms with Crippen LogP contribution < -0.4 is 5.73 Å². The van der Waals surface area contributed by atoms with Gasteiger partial charge in [0.2, 0.25) is 0 Å². The van der Waals surface area contributed by atoms with E-state index in [1.54, 1.807) is 12.4 Å². The maximum absolute atomic E-state index is 9.43. The Hall–Kier alpha value is -0.930. The number of hydrogen-bond acceptors (Lipinski definition) is 3. The fourth-order valence-corrected chi connectivity index (χ4v) is 1.05. The first-order valence-corrected chi connectivity index (χ1v) is 4.09. The van der Waals surface area contributed by atoms with Gasteiger partial charge in [-0.1, -0.05) is 13.0 Å². The lowest BCUT2D eigenvalue weighted by Crippen LogP contribution is -2.25. The molecular formula is C9H14N2O. The lowest BCUT2D eigenvalue weighted by Gasteiger charge is -2.16. The summed E-state index contributed by atoms with van der Waals surface area (Å²) in [6.07, 6.45) is 3.56. The molecule has 1 aromatic heterocycles. The molecule has 0 saturated heterocycles. The molecule has 2 atom stereocenters. The topological polar surface area (TPSA) is 59.1 Å². The van der Waals surface area contributed by atoms with Gasteiger partial charge in [0.05, 0.1) is 12.1 Å². The van der Waals surface area contributed by atoms with Crippen molar-refractivity contribution in [2.75, 3.05) is 0 Å². The molecule has 12 heavy (non-hydrogen) atoms. The number of hydrogen-bond donors (Lipinski definition) is 2. The van der Waals surface area contributed by atoms with Gasteiger partial charge >= 0.3 is 0 Å². The van der Waals surface area contributed by atoms with Gasteiger partial charge in [0.15, 0.2) is 0 Å². The van der Waals surface area contributed by atoms with Gasteiger partial charge in [-0.3, -0.25) is 4.98 Å². The van der Waals surface area contributed by atoms with Crippen LogP contribution in [0.4, 0.5) is 0 Å². The van der Waals surface area contributed by atoms with E-state index in [2.05, 4.69) is 4.98 Å². The van der Waals surface area contributed by atoms with E-state index in [0.717, 1.165) is 5.56 Å². The van der Waals surface area contributed by atoms with Crippen LogP contribution in [0.25, 0.3) is 0 Å². The van der Waals surface area contributed by atoms with E-state index in [1.165, 1.54) is 0 Å². The van der Waals surface area contributed by atoms with Gasteiger partial charge in [-0.05, 0) is 18.1 Å². The highest BCUT2D eigenvalue weighted by Crippen LogP contribution is 2.14. The highest BCUT2D eigenvalue weighted by atomic mass is 16.3. The van der Waals surface area contributed by atoms with E-state index in [-0.39, 0.29) is 6.04 Å². The minimum atomic E-state index is -0.478. The zero-order chi connectivity index (χ0) is 8.97. The molecule has 0 unspecified atom stereocenters. The first kappa shape index (κ1) is 9.16. The summed E-state index contributed by atoms with van der Waals surface area (Å²) in [7, 11) is 0. The minimum Gasteiger partial charge on any atom is -0.391 e. The van der Waals surface area contributed by atoms with Crippen LogP contribution in [-0.2, 0) is 0 Å². The molecule has 0 bridgehead atoms. The first-order chi connectivity index (χ1) is 5.75. The molecule has 0 fully saturated rings. The van der Waals surface area contributed by atoms with E-state index >= 15 is 0 Å². The highest BCUT2D eigenvalue weighted by Gasteiger charge is 2.13. The number of nitrogens with two attached hydrogens (primary N) is 1. The van der Waals surface area contributed by atoms with Crippen molar-refractivity contribution in [1.29, 1.82) is 0 Å². The zero-order valence-electron chi connectivity index (χ0n) is 7.14. The average molecular weight is 166 g/mol. The van der Waals surface area contributed by atoms with Gasteiger partial charge in [-0.2, -0.15) is 0 Å². The van der Waals surface area contributed by atoms with Gasteiger partial charge < -0.3 is 10.8 Å². The number of aliphatic hydroxyl groups is 1. The average Bonchev–Trinajstić information content (AvgIpc) is 2.17. The number of aromatic nitrogens is 1. The summed E-state index contributed by atoms with van der Waals surface area (Å²) in [6, 6.07) is 3.37. The van der Waals surface area contributed by atoms with E-state index in [4.69, 9.17) is 5.73 Å². The summed E-state index contributed by atoms with van der Waals surface area (Å²) in [5, 5.41) is 9.43. The standard InChI is InChI=1S/C9H14N2O/c1-2-8(12)9(10)7-4-3-5-11-6-7/h3-6,8-9,12H,2,10H2,1H3/t8-,9+/m1/s1. The molecule has 1 aromatic rings. The number of rotatable bonds is 3. The smallest absolute Gasteiger partial charge is 0.0730 e. The maximum atomic E-state index is 9.43. The van der Waals surface area contributed by atoms with Crippen LogP contribution in [0, 0.1) is 0 Å². The molecule has 1 rings (SSSR count). The number of aliphatic hydroxyl groups excluding tert-OH is 1. The third-order valence-electron chi connectivity index (χ3n) is 1.90. The maximum Gasteiger partial charge on any atom is 0.0730 e. The SMILES string of the molecule is CC[C@@H](O)[C@@H](N)c1cccnc1. The van der Waals surface area contributed by atoms with Gasteiger partial charge in [0, 0.05) is 12.4 Å². The third-order valence-corrected chi connectivity index (χ3v) is 1.90. The molecule has 66 valence electrons. The van der Waals surface area contributed by atoms with Crippen LogP contribution >= 0.6 is 0 Å². The second-order valence-corrected chi connectivity index (χ2v) is 2.79. The van der Waals surface area contributed by atoms with Crippen molar-refractivity contribution < 1.29 is 5.11 Å². The highest BCUT2D eigenvalue weighted by molar-refractivity contribution is 5.14. The first-order valence-electron chi connectivity index (χ1n) is 4.09. The summed E-state index contributed by atoms with van der Waals surface area (Å²) >= 11 is 0. The van der Waals surface area contributed by atoms with Gasteiger partial charge in [0.25, 0.3) is 0 Å². The van der Waals surface area contributed by atoms with Crippen molar-refractivity contribution in [3.63, 3.8) is 0 Å². The second-order valence-electron chi connectivity index (χ2n) is 2.79. The molecule has 0 aliphatic carbocycles. The predicted molar refractivity (Wildman–Crippen MR) is 47.5 cm³/mol. The van der Waals surface area contributed by atoms with E-state index in [0.29, 0.717) is 6.42 Å². The summed E-state index contributed by atoms with van der Waals surface area (Å²) in [5.74, 6) is 0. The van der Waals surface area contributed by atoms with Crippen molar-refractivity contribution in [3.05, 3.63) is 30.1 Å². The quantitative estimate of drug-likeness (QED) is 0.700. The lowest BCUT2D eigenvalue weighted by atomic mass is 10.0. The Balaban J connectivity index is 2.71. The molecule has 0 saturated carbocycles. The van der Waals surface area contributed by atoms with Crippen molar-refractivity contribution in [3.8, 4) is 0 Å². The van der Waals surface area contributed by atoms with Crippen molar-refractivity contribution >= 4 is 0 Å². The number of pyridine rings is 1. The molecule has 1 heterocycles. The van der Waals surface area contributed by atoms with E-state index < -0.39 is 6.10 Å². The Morgan fingerprint density at radius 2 is 2.42 bits per heavy atom. The van der Waals surface area contributed by atoms with Crippen LogP contribution in [0.3, 0.4) is 0 Å². The minimum absolute atomic E-state index is 0.316. The molecule has 3 heteroatoms. The van der Waals surface area contributed by atoms with Crippen molar-refractivity contribution in [2.45, 2.75) is 25.5 Å². The van der Waals surface area contributed by atoms with Crippen molar-refractivity contribution in [2.24, 2.45) is 5.73 Å². The van der Waals surface area contributed by atoms with E-state index in [1.807, 2.05) is 19.1 Å². The van der Waals surface area contributed by atoms with Crippen LogP contribution in [0.2, 0.25) is 0 Å². The summed E-state index contributed by atoms with van der Waals surface area (Å²) in [5.41, 5.74) is 6.64. The molecule has 0 spiro atoms. The predicted octanol–water partition coefficient (Wildman–Crippen LogP) is 0.852. The molecular weight excluding hydrogens is 152 g/mol. The molecule has 3 nitrogen and oxygen atoms in total. The fourth-order valence-electron chi connectivity index (χ4n) is 1.05. The molecule has 0 amide bonds. The number of nitrogens with zero attached hydrogens (tertiary/aromatic N) is 1. The summed E-state index contributed by atoms with van der Waals surface area (Å²) in [4.78, 5) is 3.93. The second kappa shape index (κ2) is 4.18. The Morgan fingerprint density at radius 3 is 2.92 bits per heavy atom. The summed E-state index contributed by atoms with van der Waals surface area (Å²) < 4.78 is 0. The molecule has 0 aliphatic rings. The Kier molecular flexibility index (Phi) is 3.19. The molecule has 0 aliphatic heterocycles. The zero-order valence-corrected chi connectivity index (χ0v) is 7.14. The Bertz CT molecular complexity index is 225. The van der Waals surface area contributed by atoms with Crippen molar-refractivity contribution in [1.82, 2.24) is 4.98 Å². The van der Waals surface area contributed by atoms with Gasteiger partial charge in [-0.15, -0.1) is 0 Å². The summed E-state index contributed by atoms with van der Waals surface area (Å²) in [6.45, 7) is 1.90. The lowest BCUT2D eigenvalue weighted by molar-refractivity contribution is 0.140. The monoisotopic (exact) mass is 166 g/mol. The molecule has 0 aromatic carbocycles. The van der Waals surface area contributed by atoms with E-state index in [9.17, 15) is 5.11 Å². The van der Waals surface area contributed by atoms with Gasteiger partial charge in [-0.25, -0.2) is 0 Å². The fraction of sp³-hybridized carbons (Fsp3) is 0.444. The van der Waals surface area contributed by atoms with Crippen LogP contribution in [0.5, 0.6) is 0 Å². The Labute approximate surface area is 72.2 Å². The third kappa shape index (κ3) is 2.03. The van der Waals surface area contributed by atoms with Crippen LogP contribution in [-0.4, -0.2) is 16.2 Å². The van der Waals surface area contributed by atoms with Crippen LogP contribution in [0.1, 0.15) is 24.9 Å². The normalized spacial score (nSPS) is 15.6. The van der Waals surface area contributed by atoms with Gasteiger partial charge in [0.1, 0.15) is 0 Å². The molecule has 3 N–H and O–H groups in total. The Morgan fingerprint density at radius 1 is 1.67 bits per heavy atom. The largest absolute Gasteiger partial charge is 0.391 e. The van der Waals surface area contributed by atoms with Crippen LogP contribution in [0.15, 0.2) is 24.5 Å². The molecule has 0 radical (unpaired) electrons.